The molecule has 1 aliphatic rings. The molecule has 1 fully saturated rings. The Hall–Kier alpha value is -2.57. The molecule has 1 aromatic carbocycles. The summed E-state index contributed by atoms with van der Waals surface area (Å²) in [6.45, 7) is 2.99. The Morgan fingerprint density at radius 3 is 2.79 bits per heavy atom. The van der Waals surface area contributed by atoms with Crippen LogP contribution in [-0.4, -0.2) is 46.4 Å². The van der Waals surface area contributed by atoms with Crippen molar-refractivity contribution in [2.45, 2.75) is 6.61 Å². The van der Waals surface area contributed by atoms with Crippen LogP contribution in [0.4, 0.5) is 5.82 Å². The SMILES string of the molecule is OCc1cccc(-c2nc(N3CCOCC3)c3cccnc3n2)c1. The molecule has 0 atom stereocenters. The molecule has 1 N–H and O–H groups in total. The molecule has 122 valence electrons. The van der Waals surface area contributed by atoms with Crippen molar-refractivity contribution in [3.05, 3.63) is 48.2 Å². The Kier molecular flexibility index (Phi) is 4.06. The highest BCUT2D eigenvalue weighted by Gasteiger charge is 2.18. The number of hydrogen-bond donors (Lipinski definition) is 1. The second kappa shape index (κ2) is 6.51. The van der Waals surface area contributed by atoms with Crippen LogP contribution in [0.5, 0.6) is 0 Å². The van der Waals surface area contributed by atoms with E-state index < -0.39 is 0 Å². The average molecular weight is 322 g/mol. The predicted molar refractivity (Wildman–Crippen MR) is 91.7 cm³/mol. The van der Waals surface area contributed by atoms with E-state index in [2.05, 4.69) is 14.9 Å². The number of benzene rings is 1. The average Bonchev–Trinajstić information content (AvgIpc) is 2.68. The summed E-state index contributed by atoms with van der Waals surface area (Å²) >= 11 is 0. The van der Waals surface area contributed by atoms with Gasteiger partial charge in [-0.3, -0.25) is 0 Å². The van der Waals surface area contributed by atoms with Crippen molar-refractivity contribution in [1.82, 2.24) is 15.0 Å². The lowest BCUT2D eigenvalue weighted by atomic mass is 10.1. The molecule has 0 amide bonds. The summed E-state index contributed by atoms with van der Waals surface area (Å²) in [7, 11) is 0. The molecule has 2 aromatic heterocycles. The number of pyridine rings is 1. The minimum absolute atomic E-state index is 0.00398. The van der Waals surface area contributed by atoms with Crippen molar-refractivity contribution in [3.8, 4) is 11.4 Å². The van der Waals surface area contributed by atoms with Gasteiger partial charge in [-0.25, -0.2) is 15.0 Å². The largest absolute Gasteiger partial charge is 0.392 e. The number of fused-ring (bicyclic) bond motifs is 1. The predicted octanol–water partition coefficient (Wildman–Crippen LogP) is 2.02. The highest BCUT2D eigenvalue weighted by Crippen LogP contribution is 2.27. The topological polar surface area (TPSA) is 71.4 Å². The van der Waals surface area contributed by atoms with Gasteiger partial charge in [0.25, 0.3) is 0 Å². The zero-order chi connectivity index (χ0) is 16.4. The van der Waals surface area contributed by atoms with E-state index in [0.717, 1.165) is 35.4 Å². The zero-order valence-corrected chi connectivity index (χ0v) is 13.2. The second-order valence-electron chi connectivity index (χ2n) is 5.70. The summed E-state index contributed by atoms with van der Waals surface area (Å²) in [6.07, 6.45) is 1.74. The van der Waals surface area contributed by atoms with E-state index in [1.165, 1.54) is 0 Å². The Morgan fingerprint density at radius 2 is 1.96 bits per heavy atom. The normalized spacial score (nSPS) is 15.0. The number of rotatable bonds is 3. The van der Waals surface area contributed by atoms with Crippen LogP contribution in [0, 0.1) is 0 Å². The molecular formula is C18H18N4O2. The van der Waals surface area contributed by atoms with Gasteiger partial charge < -0.3 is 14.7 Å². The molecule has 0 aliphatic carbocycles. The summed E-state index contributed by atoms with van der Waals surface area (Å²) in [4.78, 5) is 16.0. The monoisotopic (exact) mass is 322 g/mol. The molecule has 0 spiro atoms. The molecule has 24 heavy (non-hydrogen) atoms. The van der Waals surface area contributed by atoms with E-state index in [1.807, 2.05) is 36.4 Å². The highest BCUT2D eigenvalue weighted by atomic mass is 16.5. The van der Waals surface area contributed by atoms with E-state index in [4.69, 9.17) is 9.72 Å². The van der Waals surface area contributed by atoms with Crippen LogP contribution in [0.25, 0.3) is 22.4 Å². The van der Waals surface area contributed by atoms with Gasteiger partial charge >= 0.3 is 0 Å². The number of aliphatic hydroxyl groups excluding tert-OH is 1. The van der Waals surface area contributed by atoms with E-state index in [1.54, 1.807) is 6.20 Å². The van der Waals surface area contributed by atoms with Crippen molar-refractivity contribution < 1.29 is 9.84 Å². The minimum atomic E-state index is -0.00398. The van der Waals surface area contributed by atoms with Crippen LogP contribution in [-0.2, 0) is 11.3 Å². The molecule has 6 heteroatoms. The molecule has 1 aliphatic heterocycles. The van der Waals surface area contributed by atoms with E-state index in [9.17, 15) is 5.11 Å². The van der Waals surface area contributed by atoms with Crippen molar-refractivity contribution >= 4 is 16.9 Å². The van der Waals surface area contributed by atoms with Crippen LogP contribution in [0.2, 0.25) is 0 Å². The van der Waals surface area contributed by atoms with Crippen LogP contribution >= 0.6 is 0 Å². The van der Waals surface area contributed by atoms with Gasteiger partial charge in [0.15, 0.2) is 11.5 Å². The first-order valence-corrected chi connectivity index (χ1v) is 8.01. The zero-order valence-electron chi connectivity index (χ0n) is 13.2. The van der Waals surface area contributed by atoms with Gasteiger partial charge in [-0.1, -0.05) is 18.2 Å². The summed E-state index contributed by atoms with van der Waals surface area (Å²) in [5.41, 5.74) is 2.40. The number of aromatic nitrogens is 3. The number of anilines is 1. The summed E-state index contributed by atoms with van der Waals surface area (Å²) in [5.74, 6) is 1.51. The molecule has 0 saturated carbocycles. The van der Waals surface area contributed by atoms with Gasteiger partial charge in [-0.05, 0) is 23.8 Å². The van der Waals surface area contributed by atoms with Crippen molar-refractivity contribution in [2.75, 3.05) is 31.2 Å². The van der Waals surface area contributed by atoms with Crippen molar-refractivity contribution in [1.29, 1.82) is 0 Å². The van der Waals surface area contributed by atoms with Gasteiger partial charge in [0.05, 0.1) is 25.2 Å². The third-order valence-electron chi connectivity index (χ3n) is 4.13. The maximum Gasteiger partial charge on any atom is 0.165 e. The van der Waals surface area contributed by atoms with Crippen molar-refractivity contribution in [2.24, 2.45) is 0 Å². The number of nitrogens with zero attached hydrogens (tertiary/aromatic N) is 4. The third-order valence-corrected chi connectivity index (χ3v) is 4.13. The lowest BCUT2D eigenvalue weighted by Crippen LogP contribution is -2.37. The maximum atomic E-state index is 9.36. The van der Waals surface area contributed by atoms with Crippen molar-refractivity contribution in [3.63, 3.8) is 0 Å². The third kappa shape index (κ3) is 2.81. The first-order chi connectivity index (χ1) is 11.8. The standard InChI is InChI=1S/C18H18N4O2/c23-12-13-3-1-4-14(11-13)16-20-17-15(5-2-6-19-17)18(21-16)22-7-9-24-10-8-22/h1-6,11,23H,7-10,12H2. The molecule has 3 heterocycles. The minimum Gasteiger partial charge on any atom is -0.392 e. The molecule has 1 saturated heterocycles. The Labute approximate surface area is 139 Å². The smallest absolute Gasteiger partial charge is 0.165 e. The highest BCUT2D eigenvalue weighted by molar-refractivity contribution is 5.88. The van der Waals surface area contributed by atoms with Crippen LogP contribution in [0.1, 0.15) is 5.56 Å². The summed E-state index contributed by atoms with van der Waals surface area (Å²) < 4.78 is 5.45. The van der Waals surface area contributed by atoms with Gasteiger partial charge in [-0.15, -0.1) is 0 Å². The van der Waals surface area contributed by atoms with Gasteiger partial charge in [-0.2, -0.15) is 0 Å². The second-order valence-corrected chi connectivity index (χ2v) is 5.70. The molecule has 6 nitrogen and oxygen atoms in total. The van der Waals surface area contributed by atoms with Gasteiger partial charge in [0.2, 0.25) is 0 Å². The van der Waals surface area contributed by atoms with Crippen LogP contribution in [0.3, 0.4) is 0 Å². The maximum absolute atomic E-state index is 9.36. The molecular weight excluding hydrogens is 304 g/mol. The van der Waals surface area contributed by atoms with Gasteiger partial charge in [0.1, 0.15) is 5.82 Å². The first kappa shape index (κ1) is 15.0. The summed E-state index contributed by atoms with van der Waals surface area (Å²) in [5, 5.41) is 10.3. The number of morpholine rings is 1. The van der Waals surface area contributed by atoms with E-state index in [0.29, 0.717) is 24.7 Å². The fourth-order valence-electron chi connectivity index (χ4n) is 2.90. The van der Waals surface area contributed by atoms with Gasteiger partial charge in [0, 0.05) is 24.8 Å². The molecule has 4 rings (SSSR count). The number of ether oxygens (including phenoxy) is 1. The Balaban J connectivity index is 1.87. The number of aliphatic hydroxyl groups is 1. The summed E-state index contributed by atoms with van der Waals surface area (Å²) in [6, 6.07) is 11.6. The number of hydrogen-bond acceptors (Lipinski definition) is 6. The fourth-order valence-corrected chi connectivity index (χ4v) is 2.90. The van der Waals surface area contributed by atoms with Crippen LogP contribution in [0.15, 0.2) is 42.6 Å². The fraction of sp³-hybridized carbons (Fsp3) is 0.278. The first-order valence-electron chi connectivity index (χ1n) is 8.01. The molecule has 0 radical (unpaired) electrons. The van der Waals surface area contributed by atoms with Crippen LogP contribution < -0.4 is 4.90 Å². The van der Waals surface area contributed by atoms with E-state index in [-0.39, 0.29) is 6.61 Å². The molecule has 0 unspecified atom stereocenters. The Morgan fingerprint density at radius 1 is 1.08 bits per heavy atom. The molecule has 0 bridgehead atoms. The Bertz CT molecular complexity index is 863. The quantitative estimate of drug-likeness (QED) is 0.795. The van der Waals surface area contributed by atoms with E-state index >= 15 is 0 Å². The lowest BCUT2D eigenvalue weighted by Gasteiger charge is -2.28. The lowest BCUT2D eigenvalue weighted by molar-refractivity contribution is 0.122. The molecule has 3 aromatic rings.